The lowest BCUT2D eigenvalue weighted by Crippen LogP contribution is -2.29. The van der Waals surface area contributed by atoms with Gasteiger partial charge in [-0.15, -0.1) is 0 Å². The molecular weight excluding hydrogens is 376 g/mol. The molecule has 2 aromatic carbocycles. The number of nitrogens with one attached hydrogen (secondary N) is 1. The molecule has 1 aromatic heterocycles. The second kappa shape index (κ2) is 8.90. The van der Waals surface area contributed by atoms with E-state index in [1.54, 1.807) is 0 Å². The van der Waals surface area contributed by atoms with Crippen molar-refractivity contribution in [3.63, 3.8) is 0 Å². The van der Waals surface area contributed by atoms with E-state index in [0.29, 0.717) is 13.2 Å². The second-order valence-corrected chi connectivity index (χ2v) is 7.87. The highest BCUT2D eigenvalue weighted by atomic mass is 16.6. The van der Waals surface area contributed by atoms with E-state index >= 15 is 0 Å². The molecule has 0 bridgehead atoms. The fourth-order valence-corrected chi connectivity index (χ4v) is 4.15. The number of likely N-dealkylation sites (tertiary alicyclic amines) is 1. The molecule has 5 rings (SSSR count). The number of hydrogen-bond acceptors (Lipinski definition) is 5. The van der Waals surface area contributed by atoms with Crippen LogP contribution in [-0.2, 0) is 6.54 Å². The normalized spacial score (nSPS) is 16.1. The van der Waals surface area contributed by atoms with Gasteiger partial charge in [-0.1, -0.05) is 18.2 Å². The minimum absolute atomic E-state index is 0.583. The highest BCUT2D eigenvalue weighted by molar-refractivity contribution is 5.67. The van der Waals surface area contributed by atoms with E-state index in [4.69, 9.17) is 14.6 Å². The second-order valence-electron chi connectivity index (χ2n) is 7.87. The third-order valence-electron chi connectivity index (χ3n) is 5.75. The van der Waals surface area contributed by atoms with Gasteiger partial charge in [-0.2, -0.15) is 5.10 Å². The largest absolute Gasteiger partial charge is 0.486 e. The number of aromatic nitrogens is 2. The summed E-state index contributed by atoms with van der Waals surface area (Å²) in [6, 6.07) is 16.3. The van der Waals surface area contributed by atoms with Gasteiger partial charge in [-0.3, -0.25) is 0 Å². The lowest BCUT2D eigenvalue weighted by Gasteiger charge is -2.18. The van der Waals surface area contributed by atoms with Crippen molar-refractivity contribution in [1.82, 2.24) is 20.0 Å². The van der Waals surface area contributed by atoms with Gasteiger partial charge in [-0.05, 0) is 56.3 Å². The zero-order valence-electron chi connectivity index (χ0n) is 17.2. The summed E-state index contributed by atoms with van der Waals surface area (Å²) < 4.78 is 13.4. The summed E-state index contributed by atoms with van der Waals surface area (Å²) in [5.74, 6) is 1.60. The first-order valence-corrected chi connectivity index (χ1v) is 10.8. The van der Waals surface area contributed by atoms with Gasteiger partial charge in [0.1, 0.15) is 13.2 Å². The summed E-state index contributed by atoms with van der Waals surface area (Å²) in [6.07, 6.45) is 4.79. The summed E-state index contributed by atoms with van der Waals surface area (Å²) in [6.45, 7) is 6.51. The number of hydrogen-bond donors (Lipinski definition) is 1. The van der Waals surface area contributed by atoms with Crippen LogP contribution in [0.25, 0.3) is 16.9 Å². The molecule has 0 unspecified atom stereocenters. The molecule has 156 valence electrons. The van der Waals surface area contributed by atoms with Gasteiger partial charge in [0, 0.05) is 37.0 Å². The Hall–Kier alpha value is -2.83. The van der Waals surface area contributed by atoms with Gasteiger partial charge in [0.25, 0.3) is 0 Å². The van der Waals surface area contributed by atoms with Crippen LogP contribution in [0.2, 0.25) is 0 Å². The monoisotopic (exact) mass is 404 g/mol. The van der Waals surface area contributed by atoms with Gasteiger partial charge in [0.2, 0.25) is 0 Å². The topological polar surface area (TPSA) is 51.6 Å². The Bertz CT molecular complexity index is 980. The standard InChI is InChI=1S/C24H28N4O2/c1-2-6-21(7-3-1)28-18-20(17-25-10-13-27-11-4-5-12-27)24(26-28)19-8-9-22-23(16-19)30-15-14-29-22/h1-3,6-9,16,18,25H,4-5,10-15,17H2. The Morgan fingerprint density at radius 1 is 0.933 bits per heavy atom. The van der Waals surface area contributed by atoms with E-state index in [1.165, 1.54) is 31.5 Å². The van der Waals surface area contributed by atoms with E-state index < -0.39 is 0 Å². The van der Waals surface area contributed by atoms with Crippen molar-refractivity contribution in [1.29, 1.82) is 0 Å². The molecule has 1 N–H and O–H groups in total. The molecule has 0 radical (unpaired) electrons. The first-order valence-electron chi connectivity index (χ1n) is 10.8. The van der Waals surface area contributed by atoms with Crippen molar-refractivity contribution in [3.8, 4) is 28.4 Å². The van der Waals surface area contributed by atoms with Crippen LogP contribution >= 0.6 is 0 Å². The predicted molar refractivity (Wildman–Crippen MR) is 117 cm³/mol. The minimum atomic E-state index is 0.583. The van der Waals surface area contributed by atoms with Crippen LogP contribution in [0.15, 0.2) is 54.7 Å². The molecule has 1 saturated heterocycles. The van der Waals surface area contributed by atoms with Crippen molar-refractivity contribution in [3.05, 3.63) is 60.3 Å². The zero-order chi connectivity index (χ0) is 20.2. The Labute approximate surface area is 177 Å². The number of nitrogens with zero attached hydrogens (tertiary/aromatic N) is 3. The van der Waals surface area contributed by atoms with Crippen molar-refractivity contribution >= 4 is 0 Å². The number of para-hydroxylation sites is 1. The van der Waals surface area contributed by atoms with E-state index in [1.807, 2.05) is 35.0 Å². The Morgan fingerprint density at radius 3 is 2.57 bits per heavy atom. The van der Waals surface area contributed by atoms with Crippen LogP contribution in [0.5, 0.6) is 11.5 Å². The summed E-state index contributed by atoms with van der Waals surface area (Å²) in [7, 11) is 0. The number of fused-ring (bicyclic) bond motifs is 1. The molecular formula is C24H28N4O2. The summed E-state index contributed by atoms with van der Waals surface area (Å²) in [4.78, 5) is 2.53. The molecule has 0 amide bonds. The summed E-state index contributed by atoms with van der Waals surface area (Å²) >= 11 is 0. The van der Waals surface area contributed by atoms with Crippen LogP contribution in [0.4, 0.5) is 0 Å². The molecule has 0 spiro atoms. The quantitative estimate of drug-likeness (QED) is 0.611. The average molecular weight is 405 g/mol. The average Bonchev–Trinajstić information content (AvgIpc) is 3.47. The van der Waals surface area contributed by atoms with Gasteiger partial charge in [0.05, 0.1) is 11.4 Å². The molecule has 0 atom stereocenters. The molecule has 2 aliphatic rings. The highest BCUT2D eigenvalue weighted by Crippen LogP contribution is 2.35. The molecule has 0 saturated carbocycles. The number of ether oxygens (including phenoxy) is 2. The first-order chi connectivity index (χ1) is 14.9. The summed E-state index contributed by atoms with van der Waals surface area (Å²) in [5, 5.41) is 8.54. The highest BCUT2D eigenvalue weighted by Gasteiger charge is 2.17. The minimum Gasteiger partial charge on any atom is -0.486 e. The van der Waals surface area contributed by atoms with Gasteiger partial charge in [0.15, 0.2) is 11.5 Å². The Balaban J connectivity index is 1.39. The van der Waals surface area contributed by atoms with Crippen molar-refractivity contribution < 1.29 is 9.47 Å². The third kappa shape index (κ3) is 4.20. The number of benzene rings is 2. The Kier molecular flexibility index (Phi) is 5.68. The molecule has 3 aromatic rings. The maximum Gasteiger partial charge on any atom is 0.162 e. The van der Waals surface area contributed by atoms with Gasteiger partial charge < -0.3 is 19.7 Å². The van der Waals surface area contributed by atoms with E-state index in [9.17, 15) is 0 Å². The molecule has 0 aliphatic carbocycles. The van der Waals surface area contributed by atoms with E-state index in [-0.39, 0.29) is 0 Å². The molecule has 2 aliphatic heterocycles. The van der Waals surface area contributed by atoms with Crippen LogP contribution in [0.3, 0.4) is 0 Å². The van der Waals surface area contributed by atoms with Crippen LogP contribution in [0, 0.1) is 0 Å². The summed E-state index contributed by atoms with van der Waals surface area (Å²) in [5.41, 5.74) is 4.26. The maximum atomic E-state index is 5.79. The zero-order valence-corrected chi connectivity index (χ0v) is 17.2. The lowest BCUT2D eigenvalue weighted by molar-refractivity contribution is 0.171. The van der Waals surface area contributed by atoms with Crippen LogP contribution in [-0.4, -0.2) is 54.1 Å². The lowest BCUT2D eigenvalue weighted by atomic mass is 10.1. The maximum absolute atomic E-state index is 5.79. The Morgan fingerprint density at radius 2 is 1.73 bits per heavy atom. The van der Waals surface area contributed by atoms with Gasteiger partial charge >= 0.3 is 0 Å². The molecule has 30 heavy (non-hydrogen) atoms. The molecule has 1 fully saturated rings. The molecule has 6 heteroatoms. The smallest absolute Gasteiger partial charge is 0.162 e. The van der Waals surface area contributed by atoms with Crippen molar-refractivity contribution in [2.75, 3.05) is 39.4 Å². The molecule has 3 heterocycles. The van der Waals surface area contributed by atoms with Crippen molar-refractivity contribution in [2.45, 2.75) is 19.4 Å². The molecule has 6 nitrogen and oxygen atoms in total. The predicted octanol–water partition coefficient (Wildman–Crippen LogP) is 3.50. The van der Waals surface area contributed by atoms with Gasteiger partial charge in [-0.25, -0.2) is 4.68 Å². The van der Waals surface area contributed by atoms with Crippen molar-refractivity contribution in [2.24, 2.45) is 0 Å². The van der Waals surface area contributed by atoms with Crippen LogP contribution in [0.1, 0.15) is 18.4 Å². The fraction of sp³-hybridized carbons (Fsp3) is 0.375. The SMILES string of the molecule is c1ccc(-n2cc(CNCCN3CCCC3)c(-c3ccc4c(c3)OCCO4)n2)cc1. The fourth-order valence-electron chi connectivity index (χ4n) is 4.15. The van der Waals surface area contributed by atoms with Crippen LogP contribution < -0.4 is 14.8 Å². The number of rotatable bonds is 7. The van der Waals surface area contributed by atoms with E-state index in [0.717, 1.165) is 48.1 Å². The third-order valence-corrected chi connectivity index (χ3v) is 5.75. The van der Waals surface area contributed by atoms with E-state index in [2.05, 4.69) is 34.6 Å². The first kappa shape index (κ1) is 19.2.